The molecule has 0 heterocycles. The Bertz CT molecular complexity index is 1400. The predicted octanol–water partition coefficient (Wildman–Crippen LogP) is 13.0. The van der Waals surface area contributed by atoms with E-state index >= 15 is 0 Å². The van der Waals surface area contributed by atoms with Crippen molar-refractivity contribution in [2.45, 2.75) is 105 Å². The van der Waals surface area contributed by atoms with Gasteiger partial charge in [0.15, 0.2) is 0 Å². The number of hydrogen-bond donors (Lipinski definition) is 0. The average molecular weight is 759 g/mol. The predicted molar refractivity (Wildman–Crippen MR) is 213 cm³/mol. The molecule has 0 radical (unpaired) electrons. The normalized spacial score (nSPS) is 11.8. The Morgan fingerprint density at radius 3 is 1.50 bits per heavy atom. The van der Waals surface area contributed by atoms with Gasteiger partial charge in [0, 0.05) is 0 Å². The summed E-state index contributed by atoms with van der Waals surface area (Å²) in [6.45, 7) is 22.4. The Morgan fingerprint density at radius 1 is 0.667 bits per heavy atom. The third kappa shape index (κ3) is 15.1. The molecule has 0 unspecified atom stereocenters. The maximum absolute atomic E-state index is 3.53. The van der Waals surface area contributed by atoms with Crippen molar-refractivity contribution in [3.05, 3.63) is 155 Å². The van der Waals surface area contributed by atoms with Gasteiger partial charge in [-0.05, 0) is 29.2 Å². The van der Waals surface area contributed by atoms with Crippen molar-refractivity contribution in [1.29, 1.82) is 0 Å². The second-order valence-corrected chi connectivity index (χ2v) is 14.3. The summed E-state index contributed by atoms with van der Waals surface area (Å²) in [7, 11) is 0. The first-order valence-corrected chi connectivity index (χ1v) is 18.2. The van der Waals surface area contributed by atoms with Gasteiger partial charge in [0.2, 0.25) is 0 Å². The number of benzene rings is 4. The van der Waals surface area contributed by atoms with Crippen LogP contribution < -0.4 is 0 Å². The Hall–Kier alpha value is -2.31. The molecule has 3 heteroatoms. The molecule has 0 spiro atoms. The van der Waals surface area contributed by atoms with Gasteiger partial charge in [-0.2, -0.15) is 107 Å². The molecular weight excluding hydrogens is 703 g/mol. The van der Waals surface area contributed by atoms with Crippen molar-refractivity contribution in [3.8, 4) is 11.1 Å². The van der Waals surface area contributed by atoms with Crippen LogP contribution in [-0.4, -0.2) is 4.21 Å². The number of hydrogen-bond acceptors (Lipinski definition) is 0. The van der Waals surface area contributed by atoms with Gasteiger partial charge in [0.05, 0.1) is 0 Å². The fraction of sp³-hybridized carbons (Fsp3) is 0.356. The first kappa shape index (κ1) is 45.7. The second-order valence-electron chi connectivity index (χ2n) is 14.3. The fourth-order valence-electron chi connectivity index (χ4n) is 4.89. The van der Waals surface area contributed by atoms with Gasteiger partial charge in [0.25, 0.3) is 0 Å². The Morgan fingerprint density at radius 2 is 1.15 bits per heavy atom. The SMILES string of the molecule is CC(C)(C)c1c[c-]c2c(c1)-c1cc(C(C)(C)C)ccc1C2.CC(C)c1cc[c-]cc1.CC(C)c1cc[c-]cc1.Cl.Cl.[C-]1=CC=CC1.[CH2]=[Zr]. The summed E-state index contributed by atoms with van der Waals surface area (Å²) < 4.78 is 3.34. The molecule has 4 aromatic rings. The molecule has 0 fully saturated rings. The molecule has 2 aliphatic carbocycles. The van der Waals surface area contributed by atoms with Crippen molar-refractivity contribution in [2.75, 3.05) is 0 Å². The monoisotopic (exact) mass is 756 g/mol. The summed E-state index contributed by atoms with van der Waals surface area (Å²) >= 11 is 1.30. The number of fused-ring (bicyclic) bond motifs is 3. The molecular formula is C45H56Cl2Zr-4. The molecule has 0 saturated carbocycles. The fourth-order valence-corrected chi connectivity index (χ4v) is 4.89. The number of allylic oxidation sites excluding steroid dienone is 4. The van der Waals surface area contributed by atoms with Gasteiger partial charge < -0.3 is 0 Å². The van der Waals surface area contributed by atoms with Crippen LogP contribution in [0, 0.1) is 24.3 Å². The van der Waals surface area contributed by atoms with Gasteiger partial charge in [-0.3, -0.25) is 6.08 Å². The minimum absolute atomic E-state index is 0. The summed E-state index contributed by atoms with van der Waals surface area (Å²) in [5, 5.41) is 0. The van der Waals surface area contributed by atoms with Gasteiger partial charge in [-0.25, -0.2) is 12.2 Å². The molecule has 0 nitrogen and oxygen atoms in total. The van der Waals surface area contributed by atoms with Crippen LogP contribution in [0.2, 0.25) is 0 Å². The Balaban J connectivity index is 0.000000682. The van der Waals surface area contributed by atoms with Crippen LogP contribution in [0.3, 0.4) is 0 Å². The van der Waals surface area contributed by atoms with E-state index in [1.807, 2.05) is 36.4 Å². The van der Waals surface area contributed by atoms with E-state index in [-0.39, 0.29) is 35.6 Å². The molecule has 0 saturated heterocycles. The summed E-state index contributed by atoms with van der Waals surface area (Å²) in [4.78, 5) is 0. The number of rotatable bonds is 2. The molecule has 0 amide bonds. The molecule has 0 aliphatic heterocycles. The maximum atomic E-state index is 3.53. The van der Waals surface area contributed by atoms with Crippen LogP contribution in [0.5, 0.6) is 0 Å². The third-order valence-electron chi connectivity index (χ3n) is 7.93. The molecule has 48 heavy (non-hydrogen) atoms. The first-order valence-electron chi connectivity index (χ1n) is 16.5. The zero-order valence-electron chi connectivity index (χ0n) is 30.8. The topological polar surface area (TPSA) is 0 Å². The van der Waals surface area contributed by atoms with Crippen molar-refractivity contribution >= 4 is 29.0 Å². The Kier molecular flexibility index (Phi) is 21.3. The quantitative estimate of drug-likeness (QED) is 0.157. The van der Waals surface area contributed by atoms with Crippen molar-refractivity contribution in [1.82, 2.24) is 0 Å². The van der Waals surface area contributed by atoms with Gasteiger partial charge in [-0.15, -0.1) is 36.8 Å². The van der Waals surface area contributed by atoms with E-state index in [0.717, 1.165) is 12.8 Å². The number of halogens is 2. The van der Waals surface area contributed by atoms with Crippen molar-refractivity contribution in [2.24, 2.45) is 0 Å². The van der Waals surface area contributed by atoms with Crippen molar-refractivity contribution in [3.63, 3.8) is 0 Å². The standard InChI is InChI=1S/C21H25.2C9H11.C5H5.CH2.2ClH.Zr/c1-20(2,3)16-9-7-14-11-15-8-10-17(21(4,5)6)13-19(15)18(14)12-16;2*1-8(2)9-6-4-3-5-7-9;1-2-4-5-3-1;;;;/h7,9-10,12-13H,11H2,1-6H3;2*4-8H,1-2H3;1-3H,4H2;1H2;2*1H;/q4*-1;;;;. The second kappa shape index (κ2) is 22.4. The van der Waals surface area contributed by atoms with Crippen LogP contribution in [0.1, 0.15) is 121 Å². The van der Waals surface area contributed by atoms with E-state index in [1.165, 1.54) is 68.7 Å². The molecule has 258 valence electrons. The molecule has 4 aromatic carbocycles. The molecule has 0 N–H and O–H groups in total. The first-order chi connectivity index (χ1) is 21.8. The van der Waals surface area contributed by atoms with E-state index in [1.54, 1.807) is 0 Å². The van der Waals surface area contributed by atoms with E-state index in [2.05, 4.69) is 158 Å². The van der Waals surface area contributed by atoms with E-state index in [0.29, 0.717) is 11.8 Å². The molecule has 0 atom stereocenters. The summed E-state index contributed by atoms with van der Waals surface area (Å²) in [5.74, 6) is 1.28. The van der Waals surface area contributed by atoms with E-state index in [4.69, 9.17) is 0 Å². The van der Waals surface area contributed by atoms with Crippen LogP contribution in [-0.2, 0) is 41.5 Å². The zero-order valence-corrected chi connectivity index (χ0v) is 34.9. The zero-order chi connectivity index (χ0) is 34.3. The molecule has 2 aliphatic rings. The van der Waals surface area contributed by atoms with Gasteiger partial charge in [0.1, 0.15) is 0 Å². The Labute approximate surface area is 321 Å². The molecule has 6 rings (SSSR count). The average Bonchev–Trinajstić information content (AvgIpc) is 3.74. The summed E-state index contributed by atoms with van der Waals surface area (Å²) in [5.41, 5.74) is 11.5. The van der Waals surface area contributed by atoms with Gasteiger partial charge >= 0.3 is 28.4 Å². The van der Waals surface area contributed by atoms with E-state index in [9.17, 15) is 0 Å². The summed E-state index contributed by atoms with van der Waals surface area (Å²) in [6, 6.07) is 37.3. The van der Waals surface area contributed by atoms with Gasteiger partial charge in [-0.1, -0.05) is 104 Å². The minimum atomic E-state index is 0. The van der Waals surface area contributed by atoms with Crippen LogP contribution in [0.25, 0.3) is 11.1 Å². The summed E-state index contributed by atoms with van der Waals surface area (Å²) in [6.07, 6.45) is 11.0. The van der Waals surface area contributed by atoms with E-state index < -0.39 is 0 Å². The van der Waals surface area contributed by atoms with Crippen LogP contribution in [0.15, 0.2) is 97.1 Å². The van der Waals surface area contributed by atoms with Crippen LogP contribution in [0.4, 0.5) is 0 Å². The molecule has 0 aromatic heterocycles. The van der Waals surface area contributed by atoms with Crippen LogP contribution >= 0.6 is 24.8 Å². The van der Waals surface area contributed by atoms with Crippen molar-refractivity contribution < 1.29 is 24.2 Å². The molecule has 0 bridgehead atoms. The third-order valence-corrected chi connectivity index (χ3v) is 7.93.